The molecule has 1 nitrogen and oxygen atoms in total. The Labute approximate surface area is 120 Å². The SMILES string of the molecule is CCC1(CC)CN(C(C)(C)C)c2cccc(Br)c21. The largest absolute Gasteiger partial charge is 0.366 e. The van der Waals surface area contributed by atoms with Crippen LogP contribution in [0.2, 0.25) is 0 Å². The highest BCUT2D eigenvalue weighted by molar-refractivity contribution is 9.10. The van der Waals surface area contributed by atoms with Crippen molar-refractivity contribution in [1.29, 1.82) is 0 Å². The number of fused-ring (bicyclic) bond motifs is 1. The van der Waals surface area contributed by atoms with E-state index in [-0.39, 0.29) is 5.54 Å². The highest BCUT2D eigenvalue weighted by Crippen LogP contribution is 2.50. The van der Waals surface area contributed by atoms with Gasteiger partial charge in [-0.25, -0.2) is 0 Å². The van der Waals surface area contributed by atoms with Crippen molar-refractivity contribution >= 4 is 21.6 Å². The van der Waals surface area contributed by atoms with Gasteiger partial charge in [-0.1, -0.05) is 35.8 Å². The third-order valence-corrected chi connectivity index (χ3v) is 5.10. The van der Waals surface area contributed by atoms with E-state index in [1.54, 1.807) is 0 Å². The van der Waals surface area contributed by atoms with Crippen molar-refractivity contribution in [3.05, 3.63) is 28.2 Å². The molecule has 0 amide bonds. The average molecular weight is 310 g/mol. The first-order valence-corrected chi connectivity index (χ1v) is 7.71. The molecule has 1 aliphatic rings. The standard InChI is InChI=1S/C16H24BrN/c1-6-16(7-2)11-18(15(3,4)5)13-10-8-9-12(17)14(13)16/h8-10H,6-7,11H2,1-5H3. The number of benzene rings is 1. The fraction of sp³-hybridized carbons (Fsp3) is 0.625. The summed E-state index contributed by atoms with van der Waals surface area (Å²) in [5.74, 6) is 0. The zero-order valence-corrected chi connectivity index (χ0v) is 13.8. The van der Waals surface area contributed by atoms with Crippen LogP contribution >= 0.6 is 15.9 Å². The maximum absolute atomic E-state index is 3.77. The van der Waals surface area contributed by atoms with Crippen molar-refractivity contribution in [2.75, 3.05) is 11.4 Å². The smallest absolute Gasteiger partial charge is 0.0421 e. The minimum atomic E-state index is 0.182. The van der Waals surface area contributed by atoms with Crippen molar-refractivity contribution in [3.63, 3.8) is 0 Å². The molecular formula is C16H24BrN. The molecule has 1 heterocycles. The van der Waals surface area contributed by atoms with Gasteiger partial charge >= 0.3 is 0 Å². The normalized spacial score (nSPS) is 18.0. The van der Waals surface area contributed by atoms with E-state index in [4.69, 9.17) is 0 Å². The van der Waals surface area contributed by atoms with Crippen LogP contribution in [0.5, 0.6) is 0 Å². The number of nitrogens with zero attached hydrogens (tertiary/aromatic N) is 1. The van der Waals surface area contributed by atoms with Crippen molar-refractivity contribution in [3.8, 4) is 0 Å². The molecule has 1 aromatic rings. The minimum absolute atomic E-state index is 0.182. The summed E-state index contributed by atoms with van der Waals surface area (Å²) < 4.78 is 1.27. The molecule has 0 saturated heterocycles. The lowest BCUT2D eigenvalue weighted by atomic mass is 9.77. The molecule has 0 bridgehead atoms. The molecule has 1 aromatic carbocycles. The second-order valence-electron chi connectivity index (χ2n) is 6.38. The van der Waals surface area contributed by atoms with E-state index in [0.29, 0.717) is 5.41 Å². The van der Waals surface area contributed by atoms with Gasteiger partial charge in [-0.3, -0.25) is 0 Å². The lowest BCUT2D eigenvalue weighted by molar-refractivity contribution is 0.386. The van der Waals surface area contributed by atoms with E-state index < -0.39 is 0 Å². The first-order chi connectivity index (χ1) is 8.35. The van der Waals surface area contributed by atoms with Crippen molar-refractivity contribution in [1.82, 2.24) is 0 Å². The van der Waals surface area contributed by atoms with Gasteiger partial charge in [0.1, 0.15) is 0 Å². The van der Waals surface area contributed by atoms with Crippen LogP contribution in [0.25, 0.3) is 0 Å². The molecular weight excluding hydrogens is 286 g/mol. The molecule has 0 atom stereocenters. The molecule has 0 aliphatic carbocycles. The quantitative estimate of drug-likeness (QED) is 0.732. The number of hydrogen-bond acceptors (Lipinski definition) is 1. The summed E-state index contributed by atoms with van der Waals surface area (Å²) in [4.78, 5) is 2.57. The van der Waals surface area contributed by atoms with E-state index in [0.717, 1.165) is 6.54 Å². The van der Waals surface area contributed by atoms with Gasteiger partial charge in [0, 0.05) is 27.7 Å². The summed E-state index contributed by atoms with van der Waals surface area (Å²) in [6, 6.07) is 6.62. The van der Waals surface area contributed by atoms with Crippen LogP contribution < -0.4 is 4.90 Å². The fourth-order valence-electron chi connectivity index (χ4n) is 3.16. The molecule has 18 heavy (non-hydrogen) atoms. The van der Waals surface area contributed by atoms with Gasteiger partial charge in [0.15, 0.2) is 0 Å². The van der Waals surface area contributed by atoms with Gasteiger partial charge in [0.05, 0.1) is 0 Å². The fourth-order valence-corrected chi connectivity index (χ4v) is 3.93. The summed E-state index contributed by atoms with van der Waals surface area (Å²) in [6.07, 6.45) is 2.40. The van der Waals surface area contributed by atoms with Crippen LogP contribution in [-0.2, 0) is 5.41 Å². The predicted octanol–water partition coefficient (Wildman–Crippen LogP) is 5.13. The van der Waals surface area contributed by atoms with Crippen molar-refractivity contribution in [2.45, 2.75) is 58.4 Å². The first kappa shape index (κ1) is 13.9. The lowest BCUT2D eigenvalue weighted by Crippen LogP contribution is -2.44. The van der Waals surface area contributed by atoms with Gasteiger partial charge < -0.3 is 4.90 Å². The van der Waals surface area contributed by atoms with Crippen LogP contribution in [0.4, 0.5) is 5.69 Å². The third-order valence-electron chi connectivity index (χ3n) is 4.44. The van der Waals surface area contributed by atoms with Gasteiger partial charge in [0.2, 0.25) is 0 Å². The van der Waals surface area contributed by atoms with E-state index in [2.05, 4.69) is 73.6 Å². The summed E-state index contributed by atoms with van der Waals surface area (Å²) >= 11 is 3.77. The van der Waals surface area contributed by atoms with Crippen LogP contribution in [0, 0.1) is 0 Å². The molecule has 0 saturated carbocycles. The van der Waals surface area contributed by atoms with Crippen LogP contribution in [0.15, 0.2) is 22.7 Å². The number of halogens is 1. The zero-order valence-electron chi connectivity index (χ0n) is 12.2. The Balaban J connectivity index is 2.63. The highest BCUT2D eigenvalue weighted by Gasteiger charge is 2.44. The molecule has 0 N–H and O–H groups in total. The Morgan fingerprint density at radius 2 is 1.83 bits per heavy atom. The Hall–Kier alpha value is -0.500. The van der Waals surface area contributed by atoms with E-state index in [1.807, 2.05) is 0 Å². The second kappa shape index (κ2) is 4.56. The molecule has 2 rings (SSSR count). The van der Waals surface area contributed by atoms with E-state index >= 15 is 0 Å². The van der Waals surface area contributed by atoms with Gasteiger partial charge in [0.25, 0.3) is 0 Å². The van der Waals surface area contributed by atoms with Crippen LogP contribution in [0.1, 0.15) is 53.0 Å². The number of rotatable bonds is 2. The zero-order chi connectivity index (χ0) is 13.6. The van der Waals surface area contributed by atoms with Crippen LogP contribution in [0.3, 0.4) is 0 Å². The summed E-state index contributed by atoms with van der Waals surface area (Å²) in [6.45, 7) is 12.7. The summed E-state index contributed by atoms with van der Waals surface area (Å²) in [5.41, 5.74) is 3.43. The maximum Gasteiger partial charge on any atom is 0.0421 e. The van der Waals surface area contributed by atoms with Crippen molar-refractivity contribution < 1.29 is 0 Å². The number of hydrogen-bond donors (Lipinski definition) is 0. The monoisotopic (exact) mass is 309 g/mol. The molecule has 0 aromatic heterocycles. The number of anilines is 1. The maximum atomic E-state index is 3.77. The molecule has 0 fully saturated rings. The van der Waals surface area contributed by atoms with E-state index in [1.165, 1.54) is 28.6 Å². The molecule has 0 spiro atoms. The Kier molecular flexibility index (Phi) is 3.52. The first-order valence-electron chi connectivity index (χ1n) is 6.92. The molecule has 0 radical (unpaired) electrons. The Morgan fingerprint density at radius 1 is 1.22 bits per heavy atom. The Morgan fingerprint density at radius 3 is 2.33 bits per heavy atom. The molecule has 0 unspecified atom stereocenters. The van der Waals surface area contributed by atoms with Crippen LogP contribution in [-0.4, -0.2) is 12.1 Å². The van der Waals surface area contributed by atoms with E-state index in [9.17, 15) is 0 Å². The van der Waals surface area contributed by atoms with Gasteiger partial charge in [-0.05, 0) is 51.3 Å². The van der Waals surface area contributed by atoms with Gasteiger partial charge in [-0.2, -0.15) is 0 Å². The topological polar surface area (TPSA) is 3.24 Å². The average Bonchev–Trinajstić information content (AvgIpc) is 2.65. The highest BCUT2D eigenvalue weighted by atomic mass is 79.9. The van der Waals surface area contributed by atoms with Crippen molar-refractivity contribution in [2.24, 2.45) is 0 Å². The molecule has 2 heteroatoms. The second-order valence-corrected chi connectivity index (χ2v) is 7.23. The third kappa shape index (κ3) is 1.99. The molecule has 1 aliphatic heterocycles. The lowest BCUT2D eigenvalue weighted by Gasteiger charge is -2.37. The summed E-state index contributed by atoms with van der Waals surface area (Å²) in [5, 5.41) is 0. The summed E-state index contributed by atoms with van der Waals surface area (Å²) in [7, 11) is 0. The Bertz CT molecular complexity index is 441. The molecule has 100 valence electrons. The van der Waals surface area contributed by atoms with Gasteiger partial charge in [-0.15, -0.1) is 0 Å². The predicted molar refractivity (Wildman–Crippen MR) is 83.5 cm³/mol. The minimum Gasteiger partial charge on any atom is -0.366 e.